The number of rotatable bonds is 8. The average Bonchev–Trinajstić information content (AvgIpc) is 3.41. The number of benzene rings is 2. The lowest BCUT2D eigenvalue weighted by Gasteiger charge is -2.19. The van der Waals surface area contributed by atoms with Crippen LogP contribution in [0.4, 0.5) is 0 Å². The normalized spacial score (nSPS) is 12.2. The van der Waals surface area contributed by atoms with Crippen LogP contribution in [0.15, 0.2) is 70.8 Å². The lowest BCUT2D eigenvalue weighted by atomic mass is 10.0. The summed E-state index contributed by atoms with van der Waals surface area (Å²) in [6.07, 6.45) is 3.41. The van der Waals surface area contributed by atoms with E-state index in [0.29, 0.717) is 0 Å². The first-order valence-electron chi connectivity index (χ1n) is 10.6. The topological polar surface area (TPSA) is 56.0 Å². The lowest BCUT2D eigenvalue weighted by Crippen LogP contribution is -2.35. The predicted octanol–water partition coefficient (Wildman–Crippen LogP) is 4.65. The Bertz CT molecular complexity index is 1220. The van der Waals surface area contributed by atoms with Gasteiger partial charge in [0.05, 0.1) is 17.1 Å². The maximum Gasteiger partial charge on any atom is 0.329 e. The highest BCUT2D eigenvalue weighted by molar-refractivity contribution is 7.10. The Hall–Kier alpha value is -3.12. The van der Waals surface area contributed by atoms with Crippen LogP contribution in [0, 0.1) is 0 Å². The lowest BCUT2D eigenvalue weighted by molar-refractivity contribution is -0.122. The molecule has 31 heavy (non-hydrogen) atoms. The molecule has 4 rings (SSSR count). The van der Waals surface area contributed by atoms with Crippen LogP contribution >= 0.6 is 11.3 Å². The molecule has 0 saturated carbocycles. The maximum atomic E-state index is 13.0. The molecule has 0 aliphatic heterocycles. The summed E-state index contributed by atoms with van der Waals surface area (Å²) in [5, 5.41) is 5.16. The van der Waals surface area contributed by atoms with Crippen LogP contribution in [0.25, 0.3) is 11.0 Å². The van der Waals surface area contributed by atoms with E-state index in [9.17, 15) is 9.59 Å². The second-order valence-electron chi connectivity index (χ2n) is 7.78. The number of aryl methyl sites for hydroxylation is 2. The summed E-state index contributed by atoms with van der Waals surface area (Å²) in [4.78, 5) is 26.8. The molecular formula is C25H27N3O2S. The minimum atomic E-state index is -0.238. The van der Waals surface area contributed by atoms with E-state index in [2.05, 4.69) is 36.5 Å². The van der Waals surface area contributed by atoms with Gasteiger partial charge in [-0.2, -0.15) is 0 Å². The number of para-hydroxylation sites is 2. The summed E-state index contributed by atoms with van der Waals surface area (Å²) in [5.74, 6) is -0.188. The van der Waals surface area contributed by atoms with Gasteiger partial charge in [0.2, 0.25) is 5.91 Å². The Balaban J connectivity index is 1.58. The number of hydrogen-bond donors (Lipinski definition) is 1. The fraction of sp³-hybridized carbons (Fsp3) is 0.280. The number of hydrogen-bond acceptors (Lipinski definition) is 3. The number of amides is 1. The summed E-state index contributed by atoms with van der Waals surface area (Å²) in [6, 6.07) is 19.8. The Labute approximate surface area is 186 Å². The quantitative estimate of drug-likeness (QED) is 0.440. The molecule has 1 unspecified atom stereocenters. The monoisotopic (exact) mass is 433 g/mol. The van der Waals surface area contributed by atoms with Crippen molar-refractivity contribution in [2.24, 2.45) is 7.05 Å². The number of imidazole rings is 1. The van der Waals surface area contributed by atoms with Crippen molar-refractivity contribution in [1.29, 1.82) is 0 Å². The largest absolute Gasteiger partial charge is 0.343 e. The molecule has 4 aromatic rings. The van der Waals surface area contributed by atoms with E-state index in [0.717, 1.165) is 27.9 Å². The Morgan fingerprint density at radius 3 is 2.45 bits per heavy atom. The Morgan fingerprint density at radius 2 is 1.77 bits per heavy atom. The molecule has 2 heterocycles. The van der Waals surface area contributed by atoms with Crippen LogP contribution in [0.2, 0.25) is 0 Å². The zero-order valence-corrected chi connectivity index (χ0v) is 18.7. The van der Waals surface area contributed by atoms with Crippen LogP contribution < -0.4 is 11.0 Å². The zero-order valence-electron chi connectivity index (χ0n) is 17.9. The fourth-order valence-electron chi connectivity index (χ4n) is 3.90. The molecule has 0 fully saturated rings. The van der Waals surface area contributed by atoms with Crippen molar-refractivity contribution >= 4 is 28.3 Å². The number of nitrogens with one attached hydrogen (secondary N) is 1. The summed E-state index contributed by atoms with van der Waals surface area (Å²) in [5.41, 5.74) is 3.74. The van der Waals surface area contributed by atoms with E-state index in [1.807, 2.05) is 41.8 Å². The van der Waals surface area contributed by atoms with Crippen LogP contribution in [0.1, 0.15) is 41.8 Å². The zero-order chi connectivity index (χ0) is 21.8. The molecule has 1 N–H and O–H groups in total. The van der Waals surface area contributed by atoms with Gasteiger partial charge in [0, 0.05) is 11.9 Å². The molecule has 0 bridgehead atoms. The third-order valence-electron chi connectivity index (χ3n) is 5.62. The summed E-state index contributed by atoms with van der Waals surface area (Å²) >= 11 is 1.61. The van der Waals surface area contributed by atoms with Crippen LogP contribution in [-0.2, 0) is 24.8 Å². The molecule has 1 atom stereocenters. The maximum absolute atomic E-state index is 13.0. The van der Waals surface area contributed by atoms with E-state index < -0.39 is 0 Å². The van der Waals surface area contributed by atoms with E-state index in [-0.39, 0.29) is 24.2 Å². The standard InChI is InChI=1S/C25H27N3O2S/c1-3-4-8-18-12-14-19(15-13-18)24(22-11-7-16-31-22)26-23(29)17-28-21-10-6-5-9-20(21)27(2)25(28)30/h5-7,9-16,24H,3-4,8,17H2,1-2H3,(H,26,29). The van der Waals surface area contributed by atoms with Gasteiger partial charge in [-0.15, -0.1) is 11.3 Å². The van der Waals surface area contributed by atoms with Gasteiger partial charge >= 0.3 is 5.69 Å². The molecule has 0 aliphatic rings. The van der Waals surface area contributed by atoms with Gasteiger partial charge in [0.1, 0.15) is 6.54 Å². The smallest absolute Gasteiger partial charge is 0.329 e. The van der Waals surface area contributed by atoms with E-state index in [1.54, 1.807) is 23.0 Å². The van der Waals surface area contributed by atoms with E-state index in [4.69, 9.17) is 0 Å². The third kappa shape index (κ3) is 4.49. The fourth-order valence-corrected chi connectivity index (χ4v) is 4.70. The minimum absolute atomic E-state index is 0.0172. The van der Waals surface area contributed by atoms with Crippen LogP contribution in [0.5, 0.6) is 0 Å². The minimum Gasteiger partial charge on any atom is -0.343 e. The van der Waals surface area contributed by atoms with Crippen molar-refractivity contribution in [3.05, 3.63) is 92.5 Å². The number of carbonyl (C=O) groups excluding carboxylic acids is 1. The SMILES string of the molecule is CCCCc1ccc(C(NC(=O)Cn2c(=O)n(C)c3ccccc32)c2cccs2)cc1. The third-order valence-corrected chi connectivity index (χ3v) is 6.56. The molecule has 0 saturated heterocycles. The molecule has 0 spiro atoms. The number of aromatic nitrogens is 2. The van der Waals surface area contributed by atoms with Crippen molar-refractivity contribution < 1.29 is 4.79 Å². The Morgan fingerprint density at radius 1 is 1.03 bits per heavy atom. The summed E-state index contributed by atoms with van der Waals surface area (Å²) in [7, 11) is 1.73. The van der Waals surface area contributed by atoms with E-state index in [1.165, 1.54) is 23.0 Å². The number of thiophene rings is 1. The van der Waals surface area contributed by atoms with Crippen LogP contribution in [-0.4, -0.2) is 15.0 Å². The Kier molecular flexibility index (Phi) is 6.37. The summed E-state index contributed by atoms with van der Waals surface area (Å²) < 4.78 is 3.11. The van der Waals surface area contributed by atoms with Gasteiger partial charge in [0.15, 0.2) is 0 Å². The summed E-state index contributed by atoms with van der Waals surface area (Å²) in [6.45, 7) is 2.18. The highest BCUT2D eigenvalue weighted by Gasteiger charge is 2.20. The highest BCUT2D eigenvalue weighted by atomic mass is 32.1. The van der Waals surface area contributed by atoms with Gasteiger partial charge in [-0.05, 0) is 47.5 Å². The van der Waals surface area contributed by atoms with Crippen molar-refractivity contribution in [3.63, 3.8) is 0 Å². The molecule has 2 aromatic carbocycles. The van der Waals surface area contributed by atoms with Gasteiger partial charge in [-0.1, -0.05) is 55.8 Å². The van der Waals surface area contributed by atoms with Gasteiger partial charge in [0.25, 0.3) is 0 Å². The first-order chi connectivity index (χ1) is 15.1. The number of fused-ring (bicyclic) bond motifs is 1. The number of nitrogens with zero attached hydrogens (tertiary/aromatic N) is 2. The molecule has 0 aliphatic carbocycles. The second kappa shape index (κ2) is 9.35. The van der Waals surface area contributed by atoms with E-state index >= 15 is 0 Å². The molecule has 0 radical (unpaired) electrons. The first-order valence-corrected chi connectivity index (χ1v) is 11.5. The molecule has 160 valence electrons. The highest BCUT2D eigenvalue weighted by Crippen LogP contribution is 2.26. The van der Waals surface area contributed by atoms with Gasteiger partial charge in [-0.25, -0.2) is 4.79 Å². The second-order valence-corrected chi connectivity index (χ2v) is 8.76. The molecule has 5 nitrogen and oxygen atoms in total. The molecule has 6 heteroatoms. The number of unbranched alkanes of at least 4 members (excludes halogenated alkanes) is 1. The molecule has 2 aromatic heterocycles. The average molecular weight is 434 g/mol. The van der Waals surface area contributed by atoms with Gasteiger partial charge < -0.3 is 5.32 Å². The van der Waals surface area contributed by atoms with Gasteiger partial charge in [-0.3, -0.25) is 13.9 Å². The number of carbonyl (C=O) groups is 1. The van der Waals surface area contributed by atoms with Crippen molar-refractivity contribution in [2.45, 2.75) is 38.8 Å². The van der Waals surface area contributed by atoms with Crippen molar-refractivity contribution in [3.8, 4) is 0 Å². The molecule has 1 amide bonds. The predicted molar refractivity (Wildman–Crippen MR) is 127 cm³/mol. The first kappa shape index (κ1) is 21.1. The molecular weight excluding hydrogens is 406 g/mol. The van der Waals surface area contributed by atoms with Crippen molar-refractivity contribution in [1.82, 2.24) is 14.5 Å². The van der Waals surface area contributed by atoms with Crippen LogP contribution in [0.3, 0.4) is 0 Å². The van der Waals surface area contributed by atoms with Crippen molar-refractivity contribution in [2.75, 3.05) is 0 Å².